The average molecular weight is 286 g/mol. The third-order valence-electron chi connectivity index (χ3n) is 3.66. The van der Waals surface area contributed by atoms with Gasteiger partial charge in [-0.15, -0.1) is 0 Å². The van der Waals surface area contributed by atoms with E-state index in [1.165, 1.54) is 11.1 Å². The monoisotopic (exact) mass is 286 g/mol. The van der Waals surface area contributed by atoms with E-state index in [1.54, 1.807) is 0 Å². The summed E-state index contributed by atoms with van der Waals surface area (Å²) in [6, 6.07) is 8.33. The summed E-state index contributed by atoms with van der Waals surface area (Å²) in [6.45, 7) is 6.83. The highest BCUT2D eigenvalue weighted by Gasteiger charge is 2.17. The number of hydrogen-bond acceptors (Lipinski definition) is 2. The second-order valence-corrected chi connectivity index (χ2v) is 5.30. The fourth-order valence-electron chi connectivity index (χ4n) is 2.74. The van der Waals surface area contributed by atoms with Crippen LogP contribution in [0.3, 0.4) is 0 Å². The van der Waals surface area contributed by atoms with Crippen molar-refractivity contribution in [2.45, 2.75) is 46.6 Å². The molecule has 2 aromatic rings. The van der Waals surface area contributed by atoms with Crippen LogP contribution in [0.1, 0.15) is 41.9 Å². The summed E-state index contributed by atoms with van der Waals surface area (Å²) in [5.74, 6) is -0.797. The second-order valence-electron chi connectivity index (χ2n) is 5.30. The molecule has 0 fully saturated rings. The summed E-state index contributed by atoms with van der Waals surface area (Å²) in [6.07, 6.45) is 1.61. The minimum Gasteiger partial charge on any atom is -0.481 e. The fourth-order valence-corrected chi connectivity index (χ4v) is 2.74. The molecule has 0 aliphatic carbocycles. The van der Waals surface area contributed by atoms with Crippen LogP contribution < -0.4 is 0 Å². The molecule has 0 spiro atoms. The Hall–Kier alpha value is -2.10. The Bertz CT molecular complexity index is 644. The van der Waals surface area contributed by atoms with E-state index in [4.69, 9.17) is 5.11 Å². The van der Waals surface area contributed by atoms with E-state index in [0.717, 1.165) is 29.8 Å². The van der Waals surface area contributed by atoms with Gasteiger partial charge in [-0.3, -0.25) is 9.48 Å². The van der Waals surface area contributed by atoms with Crippen LogP contribution in [0.2, 0.25) is 0 Å². The smallest absolute Gasteiger partial charge is 0.307 e. The molecule has 2 rings (SSSR count). The van der Waals surface area contributed by atoms with Crippen molar-refractivity contribution in [2.75, 3.05) is 0 Å². The number of rotatable bonds is 6. The van der Waals surface area contributed by atoms with Crippen molar-refractivity contribution >= 4 is 5.97 Å². The number of benzene rings is 1. The van der Waals surface area contributed by atoms with Crippen molar-refractivity contribution in [1.29, 1.82) is 0 Å². The van der Waals surface area contributed by atoms with Crippen LogP contribution in [-0.2, 0) is 30.6 Å². The molecule has 0 atom stereocenters. The van der Waals surface area contributed by atoms with Crippen LogP contribution in [0.4, 0.5) is 0 Å². The van der Waals surface area contributed by atoms with Gasteiger partial charge in [-0.2, -0.15) is 5.10 Å². The first-order valence-electron chi connectivity index (χ1n) is 7.39. The number of carbonyl (C=O) groups is 1. The van der Waals surface area contributed by atoms with E-state index in [9.17, 15) is 4.79 Å². The van der Waals surface area contributed by atoms with Gasteiger partial charge in [-0.25, -0.2) is 0 Å². The SMILES string of the molecule is CCc1nn(Cc2cccc(C)c2)c(CC)c1CC(=O)O. The number of aliphatic carboxylic acids is 1. The molecule has 0 unspecified atom stereocenters. The maximum atomic E-state index is 11.1. The zero-order chi connectivity index (χ0) is 15.4. The molecule has 0 aliphatic heterocycles. The minimum absolute atomic E-state index is 0.0557. The fraction of sp³-hybridized carbons (Fsp3) is 0.412. The molecule has 112 valence electrons. The summed E-state index contributed by atoms with van der Waals surface area (Å²) in [4.78, 5) is 11.1. The van der Waals surface area contributed by atoms with Crippen LogP contribution in [0.5, 0.6) is 0 Å². The van der Waals surface area contributed by atoms with Crippen LogP contribution in [-0.4, -0.2) is 20.9 Å². The Morgan fingerprint density at radius 2 is 2.05 bits per heavy atom. The van der Waals surface area contributed by atoms with Crippen LogP contribution in [0.25, 0.3) is 0 Å². The van der Waals surface area contributed by atoms with Gasteiger partial charge in [0.25, 0.3) is 0 Å². The Kier molecular flexibility index (Phi) is 4.78. The predicted molar refractivity (Wildman–Crippen MR) is 82.6 cm³/mol. The number of aromatic nitrogens is 2. The molecule has 1 N–H and O–H groups in total. The van der Waals surface area contributed by atoms with Gasteiger partial charge in [-0.1, -0.05) is 43.7 Å². The van der Waals surface area contributed by atoms with Crippen molar-refractivity contribution in [2.24, 2.45) is 0 Å². The van der Waals surface area contributed by atoms with Gasteiger partial charge in [0.1, 0.15) is 0 Å². The van der Waals surface area contributed by atoms with E-state index < -0.39 is 5.97 Å². The average Bonchev–Trinajstić information content (AvgIpc) is 2.75. The van der Waals surface area contributed by atoms with Gasteiger partial charge in [0.05, 0.1) is 18.7 Å². The number of carboxylic acid groups (broad SMARTS) is 1. The highest BCUT2D eigenvalue weighted by molar-refractivity contribution is 5.71. The first kappa shape index (κ1) is 15.3. The second kappa shape index (κ2) is 6.57. The van der Waals surface area contributed by atoms with Gasteiger partial charge in [-0.05, 0) is 25.3 Å². The molecule has 1 aromatic heterocycles. The zero-order valence-corrected chi connectivity index (χ0v) is 12.9. The molecule has 0 amide bonds. The third-order valence-corrected chi connectivity index (χ3v) is 3.66. The predicted octanol–water partition coefficient (Wildman–Crippen LogP) is 2.99. The Balaban J connectivity index is 2.39. The van der Waals surface area contributed by atoms with Crippen molar-refractivity contribution in [3.63, 3.8) is 0 Å². The van der Waals surface area contributed by atoms with Crippen LogP contribution in [0, 0.1) is 6.92 Å². The number of carboxylic acids is 1. The quantitative estimate of drug-likeness (QED) is 0.888. The number of nitrogens with zero attached hydrogens (tertiary/aromatic N) is 2. The number of hydrogen-bond donors (Lipinski definition) is 1. The van der Waals surface area contributed by atoms with E-state index >= 15 is 0 Å². The summed E-state index contributed by atoms with van der Waals surface area (Å²) < 4.78 is 1.96. The van der Waals surface area contributed by atoms with Crippen LogP contribution in [0.15, 0.2) is 24.3 Å². The van der Waals surface area contributed by atoms with E-state index in [2.05, 4.69) is 37.1 Å². The first-order valence-corrected chi connectivity index (χ1v) is 7.39. The van der Waals surface area contributed by atoms with Gasteiger partial charge in [0.2, 0.25) is 0 Å². The van der Waals surface area contributed by atoms with Crippen LogP contribution >= 0.6 is 0 Å². The Morgan fingerprint density at radius 1 is 1.29 bits per heavy atom. The largest absolute Gasteiger partial charge is 0.481 e. The van der Waals surface area contributed by atoms with E-state index in [0.29, 0.717) is 6.54 Å². The summed E-state index contributed by atoms with van der Waals surface area (Å²) in [5, 5.41) is 13.7. The molecule has 4 heteroatoms. The molecule has 1 heterocycles. The summed E-state index contributed by atoms with van der Waals surface area (Å²) >= 11 is 0. The summed E-state index contributed by atoms with van der Waals surface area (Å²) in [7, 11) is 0. The molecule has 0 radical (unpaired) electrons. The standard InChI is InChI=1S/C17H22N2O2/c1-4-15-14(10-17(20)21)16(5-2)19(18-15)11-13-8-6-7-12(3)9-13/h6-9H,4-5,10-11H2,1-3H3,(H,20,21). The maximum Gasteiger partial charge on any atom is 0.307 e. The topological polar surface area (TPSA) is 55.1 Å². The normalized spacial score (nSPS) is 10.8. The molecular weight excluding hydrogens is 264 g/mol. The van der Waals surface area contributed by atoms with Gasteiger partial charge in [0.15, 0.2) is 0 Å². The Labute approximate surface area is 125 Å². The van der Waals surface area contributed by atoms with Crippen molar-refractivity contribution in [3.05, 3.63) is 52.3 Å². The molecule has 1 aromatic carbocycles. The maximum absolute atomic E-state index is 11.1. The van der Waals surface area contributed by atoms with Crippen molar-refractivity contribution in [3.8, 4) is 0 Å². The van der Waals surface area contributed by atoms with Crippen molar-refractivity contribution < 1.29 is 9.90 Å². The van der Waals surface area contributed by atoms with Gasteiger partial charge in [0, 0.05) is 11.3 Å². The van der Waals surface area contributed by atoms with Gasteiger partial charge >= 0.3 is 5.97 Å². The molecular formula is C17H22N2O2. The molecule has 21 heavy (non-hydrogen) atoms. The number of aryl methyl sites for hydroxylation is 2. The lowest BCUT2D eigenvalue weighted by Crippen LogP contribution is -2.08. The summed E-state index contributed by atoms with van der Waals surface area (Å²) in [5.41, 5.74) is 5.24. The molecule has 0 saturated carbocycles. The lowest BCUT2D eigenvalue weighted by Gasteiger charge is -2.08. The minimum atomic E-state index is -0.797. The highest BCUT2D eigenvalue weighted by atomic mass is 16.4. The molecule has 0 bridgehead atoms. The lowest BCUT2D eigenvalue weighted by molar-refractivity contribution is -0.136. The van der Waals surface area contributed by atoms with E-state index in [1.807, 2.05) is 17.7 Å². The molecule has 0 aliphatic rings. The first-order chi connectivity index (χ1) is 10.0. The third kappa shape index (κ3) is 3.51. The zero-order valence-electron chi connectivity index (χ0n) is 12.9. The Morgan fingerprint density at radius 3 is 2.62 bits per heavy atom. The molecule has 0 saturated heterocycles. The van der Waals surface area contributed by atoms with Gasteiger partial charge < -0.3 is 5.11 Å². The molecule has 4 nitrogen and oxygen atoms in total. The highest BCUT2D eigenvalue weighted by Crippen LogP contribution is 2.19. The van der Waals surface area contributed by atoms with E-state index in [-0.39, 0.29) is 6.42 Å². The lowest BCUT2D eigenvalue weighted by atomic mass is 10.1. The van der Waals surface area contributed by atoms with Crippen molar-refractivity contribution in [1.82, 2.24) is 9.78 Å².